The Balaban J connectivity index is 0.00000320. The van der Waals surface area contributed by atoms with Gasteiger partial charge in [0.1, 0.15) is 16.5 Å². The minimum atomic E-state index is -10.1. The molecule has 0 heterocycles. The zero-order chi connectivity index (χ0) is 21.8. The Kier molecular flexibility index (Phi) is 6.16. The van der Waals surface area contributed by atoms with Gasteiger partial charge in [-0.05, 0) is 42.7 Å². The standard InChI is InChI=1S/C21H16F7S.La/c1-12-8-14(3)21(19(23)9-12)16-4-6-17(13(2)10-16)15-5-7-20(18(22)11-15)29(24,25,26,27)28;/h4-5,7-11H,1-3H3;/q-1;. The molecule has 1 radical (unpaired) electrons. The van der Waals surface area contributed by atoms with Gasteiger partial charge in [-0.15, -0.1) is 29.3 Å². The Hall–Kier alpha value is -1.29. The van der Waals surface area contributed by atoms with Crippen LogP contribution in [0.1, 0.15) is 16.7 Å². The van der Waals surface area contributed by atoms with Crippen LogP contribution >= 0.6 is 10.2 Å². The average Bonchev–Trinajstić information content (AvgIpc) is 2.51. The molecule has 0 saturated heterocycles. The van der Waals surface area contributed by atoms with Crippen LogP contribution in [0.2, 0.25) is 0 Å². The van der Waals surface area contributed by atoms with Crippen molar-refractivity contribution >= 4 is 10.2 Å². The predicted octanol–water partition coefficient (Wildman–Crippen LogP) is 8.68. The van der Waals surface area contributed by atoms with Gasteiger partial charge in [-0.1, -0.05) is 55.7 Å². The van der Waals surface area contributed by atoms with Crippen LogP contribution in [0.5, 0.6) is 0 Å². The molecule has 0 N–H and O–H groups in total. The molecule has 0 aliphatic carbocycles. The van der Waals surface area contributed by atoms with Crippen molar-refractivity contribution < 1.29 is 63.8 Å². The molecule has 0 saturated carbocycles. The molecule has 3 aromatic carbocycles. The summed E-state index contributed by atoms with van der Waals surface area (Å²) < 4.78 is 92.7. The smallest absolute Gasteiger partial charge is 0.207 e. The fourth-order valence-corrected chi connectivity index (χ4v) is 4.07. The van der Waals surface area contributed by atoms with Crippen molar-refractivity contribution in [3.63, 3.8) is 0 Å². The first kappa shape index (κ1) is 25.0. The fourth-order valence-electron chi connectivity index (χ4n) is 3.32. The molecule has 0 nitrogen and oxygen atoms in total. The van der Waals surface area contributed by atoms with Crippen molar-refractivity contribution in [2.45, 2.75) is 25.7 Å². The van der Waals surface area contributed by atoms with Crippen molar-refractivity contribution in [1.29, 1.82) is 0 Å². The number of hydrogen-bond acceptors (Lipinski definition) is 0. The summed E-state index contributed by atoms with van der Waals surface area (Å²) in [6, 6.07) is 10.2. The van der Waals surface area contributed by atoms with Gasteiger partial charge >= 0.3 is 10.2 Å². The second-order valence-corrected chi connectivity index (χ2v) is 9.38. The Morgan fingerprint density at radius 1 is 0.733 bits per heavy atom. The van der Waals surface area contributed by atoms with Gasteiger partial charge in [0.25, 0.3) is 0 Å². The molecule has 0 atom stereocenters. The summed E-state index contributed by atoms with van der Waals surface area (Å²) in [6.07, 6.45) is 0. The fraction of sp³-hybridized carbons (Fsp3) is 0.143. The van der Waals surface area contributed by atoms with Crippen LogP contribution in [0.4, 0.5) is 28.2 Å². The molecule has 3 aromatic rings. The zero-order valence-electron chi connectivity index (χ0n) is 16.2. The molecule has 0 unspecified atom stereocenters. The Labute approximate surface area is 197 Å². The van der Waals surface area contributed by atoms with Crippen LogP contribution < -0.4 is 0 Å². The third kappa shape index (κ3) is 5.12. The second kappa shape index (κ2) is 7.40. The van der Waals surface area contributed by atoms with E-state index in [1.165, 1.54) is 12.1 Å². The number of hydrogen-bond donors (Lipinski definition) is 0. The third-order valence-corrected chi connectivity index (χ3v) is 5.66. The summed E-state index contributed by atoms with van der Waals surface area (Å²) >= 11 is 0. The minimum Gasteiger partial charge on any atom is -0.207 e. The van der Waals surface area contributed by atoms with E-state index >= 15 is 0 Å². The largest absolute Gasteiger partial charge is 0.313 e. The van der Waals surface area contributed by atoms with E-state index in [-0.39, 0.29) is 52.8 Å². The molecule has 0 amide bonds. The van der Waals surface area contributed by atoms with Crippen LogP contribution in [0.25, 0.3) is 22.3 Å². The van der Waals surface area contributed by atoms with E-state index in [1.807, 2.05) is 0 Å². The van der Waals surface area contributed by atoms with E-state index < -0.39 is 26.8 Å². The maximum absolute atomic E-state index is 14.4. The number of benzene rings is 3. The van der Waals surface area contributed by atoms with E-state index in [2.05, 4.69) is 6.07 Å². The van der Waals surface area contributed by atoms with Crippen molar-refractivity contribution in [1.82, 2.24) is 0 Å². The maximum atomic E-state index is 14.4. The number of halogens is 7. The summed E-state index contributed by atoms with van der Waals surface area (Å²) in [5, 5.41) is 0. The van der Waals surface area contributed by atoms with Gasteiger partial charge in [-0.3, -0.25) is 0 Å². The molecule has 30 heavy (non-hydrogen) atoms. The van der Waals surface area contributed by atoms with Crippen LogP contribution in [0.3, 0.4) is 0 Å². The minimum absolute atomic E-state index is 0. The normalized spacial score (nSPS) is 13.9. The first-order valence-electron chi connectivity index (χ1n) is 8.40. The third-order valence-electron chi connectivity index (χ3n) is 4.49. The van der Waals surface area contributed by atoms with E-state index in [4.69, 9.17) is 0 Å². The van der Waals surface area contributed by atoms with Crippen LogP contribution in [-0.2, 0) is 0 Å². The predicted molar refractivity (Wildman–Crippen MR) is 102 cm³/mol. The van der Waals surface area contributed by atoms with Crippen molar-refractivity contribution in [2.75, 3.05) is 0 Å². The van der Waals surface area contributed by atoms with Gasteiger partial charge < -0.3 is 0 Å². The Morgan fingerprint density at radius 2 is 1.37 bits per heavy atom. The molecule has 0 spiro atoms. The summed E-state index contributed by atoms with van der Waals surface area (Å²) in [5.74, 6) is -2.49. The van der Waals surface area contributed by atoms with E-state index in [0.29, 0.717) is 28.3 Å². The van der Waals surface area contributed by atoms with Crippen LogP contribution in [0, 0.1) is 74.1 Å². The molecular formula is C21H16F7LaS-. The molecule has 0 fully saturated rings. The molecule has 0 bridgehead atoms. The van der Waals surface area contributed by atoms with E-state index in [1.54, 1.807) is 32.9 Å². The molecule has 0 aliphatic heterocycles. The van der Waals surface area contributed by atoms with Gasteiger partial charge in [-0.25, -0.2) is 8.78 Å². The summed E-state index contributed by atoms with van der Waals surface area (Å²) in [4.78, 5) is -2.56. The summed E-state index contributed by atoms with van der Waals surface area (Å²) in [7, 11) is -10.1. The molecular weight excluding hydrogens is 556 g/mol. The Bertz CT molecular complexity index is 1120. The SMILES string of the molecule is Cc1cc(C)c(-c2c[c-]c(-c3ccc(S(F)(F)(F)(F)F)c(F)c3)c(C)c2)c(F)c1.[La]. The van der Waals surface area contributed by atoms with Crippen LogP contribution in [0.15, 0.2) is 47.4 Å². The number of rotatable bonds is 3. The molecule has 9 heteroatoms. The van der Waals surface area contributed by atoms with Gasteiger partial charge in [-0.2, -0.15) is 0 Å². The van der Waals surface area contributed by atoms with Gasteiger partial charge in [0.15, 0.2) is 0 Å². The van der Waals surface area contributed by atoms with E-state index in [0.717, 1.165) is 11.6 Å². The first-order valence-corrected chi connectivity index (χ1v) is 10.4. The summed E-state index contributed by atoms with van der Waals surface area (Å²) in [5.41, 5.74) is 2.94. The first-order chi connectivity index (χ1) is 13.1. The van der Waals surface area contributed by atoms with Gasteiger partial charge in [0.2, 0.25) is 0 Å². The molecule has 3 rings (SSSR count). The van der Waals surface area contributed by atoms with Crippen molar-refractivity contribution in [2.24, 2.45) is 0 Å². The van der Waals surface area contributed by atoms with Crippen molar-refractivity contribution in [3.05, 3.63) is 76.9 Å². The topological polar surface area (TPSA) is 0 Å². The quantitative estimate of drug-likeness (QED) is 0.218. The van der Waals surface area contributed by atoms with Gasteiger partial charge in [0, 0.05) is 35.6 Å². The van der Waals surface area contributed by atoms with Crippen LogP contribution in [-0.4, -0.2) is 0 Å². The Morgan fingerprint density at radius 3 is 1.87 bits per heavy atom. The maximum Gasteiger partial charge on any atom is 0.313 e. The second-order valence-electron chi connectivity index (χ2n) is 7.00. The average molecular weight is 572 g/mol. The molecule has 0 aromatic heterocycles. The van der Waals surface area contributed by atoms with Gasteiger partial charge in [0.05, 0.1) is 0 Å². The zero-order valence-corrected chi connectivity index (χ0v) is 20.6. The molecule has 0 aliphatic rings. The molecule has 159 valence electrons. The summed E-state index contributed by atoms with van der Waals surface area (Å²) in [6.45, 7) is 5.08. The van der Waals surface area contributed by atoms with Crippen molar-refractivity contribution in [3.8, 4) is 22.3 Å². The monoisotopic (exact) mass is 572 g/mol. The number of aryl methyl sites for hydroxylation is 3. The van der Waals surface area contributed by atoms with E-state index in [9.17, 15) is 28.2 Å².